The van der Waals surface area contributed by atoms with Gasteiger partial charge in [0.25, 0.3) is 5.91 Å². The fraction of sp³-hybridized carbons (Fsp3) is 0.579. The Balaban J connectivity index is 1.39. The van der Waals surface area contributed by atoms with Crippen molar-refractivity contribution in [3.63, 3.8) is 0 Å². The highest BCUT2D eigenvalue weighted by Gasteiger charge is 2.54. The fourth-order valence-electron chi connectivity index (χ4n) is 5.56. The molecule has 4 fully saturated rings. The van der Waals surface area contributed by atoms with Crippen molar-refractivity contribution < 1.29 is 18.0 Å². The van der Waals surface area contributed by atoms with Crippen LogP contribution in [0.15, 0.2) is 29.2 Å². The monoisotopic (exact) mass is 376 g/mol. The molecule has 4 bridgehead atoms. The van der Waals surface area contributed by atoms with Crippen LogP contribution in [0, 0.1) is 23.2 Å². The van der Waals surface area contributed by atoms with Crippen molar-refractivity contribution in [3.8, 4) is 0 Å². The average molecular weight is 376 g/mol. The fourth-order valence-corrected chi connectivity index (χ4v) is 6.19. The van der Waals surface area contributed by atoms with Crippen molar-refractivity contribution in [2.24, 2.45) is 23.2 Å². The lowest BCUT2D eigenvalue weighted by molar-refractivity contribution is -0.147. The predicted octanol–water partition coefficient (Wildman–Crippen LogP) is 2.07. The maximum absolute atomic E-state index is 12.8. The Bertz CT molecular complexity index is 810. The molecule has 4 aliphatic carbocycles. The van der Waals surface area contributed by atoms with Gasteiger partial charge in [-0.2, -0.15) is 0 Å². The van der Waals surface area contributed by atoms with Gasteiger partial charge in [-0.3, -0.25) is 20.4 Å². The Kier molecular flexibility index (Phi) is 4.10. The zero-order valence-electron chi connectivity index (χ0n) is 14.8. The first-order chi connectivity index (χ1) is 12.2. The van der Waals surface area contributed by atoms with E-state index in [0.717, 1.165) is 25.5 Å². The topological polar surface area (TPSA) is 92.3 Å². The Morgan fingerprint density at radius 3 is 1.88 bits per heavy atom. The Hall–Kier alpha value is -1.89. The summed E-state index contributed by atoms with van der Waals surface area (Å²) in [7, 11) is -3.30. The molecule has 0 unspecified atom stereocenters. The van der Waals surface area contributed by atoms with E-state index in [9.17, 15) is 18.0 Å². The second kappa shape index (κ2) is 6.08. The summed E-state index contributed by atoms with van der Waals surface area (Å²) in [4.78, 5) is 25.2. The van der Waals surface area contributed by atoms with Crippen molar-refractivity contribution in [2.45, 2.75) is 43.4 Å². The molecule has 2 amide bonds. The maximum atomic E-state index is 12.8. The van der Waals surface area contributed by atoms with E-state index in [0.29, 0.717) is 23.3 Å². The second-order valence-electron chi connectivity index (χ2n) is 8.40. The number of carbonyl (C=O) groups is 2. The van der Waals surface area contributed by atoms with Crippen LogP contribution in [-0.4, -0.2) is 26.5 Å². The van der Waals surface area contributed by atoms with E-state index < -0.39 is 15.7 Å². The van der Waals surface area contributed by atoms with Gasteiger partial charge in [-0.05, 0) is 80.5 Å². The van der Waals surface area contributed by atoms with Gasteiger partial charge >= 0.3 is 0 Å². The molecule has 1 aromatic carbocycles. The quantitative estimate of drug-likeness (QED) is 0.790. The zero-order chi connectivity index (χ0) is 18.5. The molecule has 6 nitrogen and oxygen atoms in total. The van der Waals surface area contributed by atoms with Crippen molar-refractivity contribution in [3.05, 3.63) is 29.8 Å². The summed E-state index contributed by atoms with van der Waals surface area (Å²) in [5.74, 6) is 1.46. The molecule has 2 N–H and O–H groups in total. The van der Waals surface area contributed by atoms with Crippen molar-refractivity contribution in [1.82, 2.24) is 10.9 Å². The van der Waals surface area contributed by atoms with Gasteiger partial charge in [0.05, 0.1) is 10.3 Å². The van der Waals surface area contributed by atoms with Crippen LogP contribution in [0.2, 0.25) is 0 Å². The Morgan fingerprint density at radius 1 is 0.923 bits per heavy atom. The molecule has 0 aromatic heterocycles. The number of amides is 2. The standard InChI is InChI=1S/C19H24N2O4S/c1-26(24,25)16-4-2-15(3-5-16)17(22)20-21-18(23)19-9-12-6-13(10-19)8-14(7-12)11-19/h2-5,12-14H,6-11H2,1H3,(H,20,22)(H,21,23). The van der Waals surface area contributed by atoms with Crippen LogP contribution >= 0.6 is 0 Å². The van der Waals surface area contributed by atoms with Gasteiger partial charge in [0.2, 0.25) is 5.91 Å². The largest absolute Gasteiger partial charge is 0.273 e. The Labute approximate surface area is 153 Å². The number of hydrogen-bond acceptors (Lipinski definition) is 4. The molecule has 0 atom stereocenters. The molecule has 0 spiro atoms. The third kappa shape index (κ3) is 3.13. The third-order valence-corrected chi connectivity index (χ3v) is 7.48. The van der Waals surface area contributed by atoms with Crippen LogP contribution in [0.1, 0.15) is 48.9 Å². The van der Waals surface area contributed by atoms with Gasteiger partial charge in [-0.1, -0.05) is 0 Å². The van der Waals surface area contributed by atoms with Crippen LogP contribution in [0.25, 0.3) is 0 Å². The van der Waals surface area contributed by atoms with E-state index in [2.05, 4.69) is 10.9 Å². The first-order valence-electron chi connectivity index (χ1n) is 9.16. The lowest BCUT2D eigenvalue weighted by Gasteiger charge is -2.55. The summed E-state index contributed by atoms with van der Waals surface area (Å²) in [6, 6.07) is 5.68. The molecule has 26 heavy (non-hydrogen) atoms. The van der Waals surface area contributed by atoms with Gasteiger partial charge < -0.3 is 0 Å². The summed E-state index contributed by atoms with van der Waals surface area (Å²) in [6.07, 6.45) is 7.69. The minimum atomic E-state index is -3.30. The molecule has 4 saturated carbocycles. The minimum Gasteiger partial charge on any atom is -0.273 e. The molecule has 0 saturated heterocycles. The lowest BCUT2D eigenvalue weighted by Crippen LogP contribution is -2.56. The van der Waals surface area contributed by atoms with Gasteiger partial charge in [0, 0.05) is 11.8 Å². The zero-order valence-corrected chi connectivity index (χ0v) is 15.6. The average Bonchev–Trinajstić information content (AvgIpc) is 2.57. The highest BCUT2D eigenvalue weighted by molar-refractivity contribution is 7.90. The van der Waals surface area contributed by atoms with Gasteiger partial charge in [0.1, 0.15) is 0 Å². The molecular formula is C19H24N2O4S. The van der Waals surface area contributed by atoms with Gasteiger partial charge in [-0.25, -0.2) is 8.42 Å². The SMILES string of the molecule is CS(=O)(=O)c1ccc(C(=O)NNC(=O)C23CC4CC(CC(C4)C2)C3)cc1. The summed E-state index contributed by atoms with van der Waals surface area (Å²) in [5.41, 5.74) is 5.11. The van der Waals surface area contributed by atoms with Crippen molar-refractivity contribution in [2.75, 3.05) is 6.26 Å². The number of benzene rings is 1. The predicted molar refractivity (Wildman–Crippen MR) is 95.8 cm³/mol. The van der Waals surface area contributed by atoms with Crippen LogP contribution in [0.4, 0.5) is 0 Å². The number of nitrogens with one attached hydrogen (secondary N) is 2. The van der Waals surface area contributed by atoms with Crippen molar-refractivity contribution in [1.29, 1.82) is 0 Å². The second-order valence-corrected chi connectivity index (χ2v) is 10.4. The molecule has 4 aliphatic rings. The third-order valence-electron chi connectivity index (χ3n) is 6.35. The van der Waals surface area contributed by atoms with E-state index in [1.165, 1.54) is 43.5 Å². The summed E-state index contributed by atoms with van der Waals surface area (Å²) in [5, 5.41) is 0. The number of hydrazine groups is 1. The molecule has 140 valence electrons. The van der Waals surface area contributed by atoms with E-state index >= 15 is 0 Å². The summed E-state index contributed by atoms with van der Waals surface area (Å²) < 4.78 is 23.0. The molecule has 5 rings (SSSR count). The van der Waals surface area contributed by atoms with Gasteiger partial charge in [-0.15, -0.1) is 0 Å². The number of sulfone groups is 1. The van der Waals surface area contributed by atoms with E-state index in [4.69, 9.17) is 0 Å². The molecule has 0 radical (unpaired) electrons. The molecule has 7 heteroatoms. The molecule has 1 aromatic rings. The first kappa shape index (κ1) is 17.5. The van der Waals surface area contributed by atoms with Crippen LogP contribution in [-0.2, 0) is 14.6 Å². The number of rotatable bonds is 3. The Morgan fingerprint density at radius 2 is 1.42 bits per heavy atom. The summed E-state index contributed by atoms with van der Waals surface area (Å²) in [6.45, 7) is 0. The molecular weight excluding hydrogens is 352 g/mol. The number of carbonyl (C=O) groups excluding carboxylic acids is 2. The van der Waals surface area contributed by atoms with Crippen LogP contribution < -0.4 is 10.9 Å². The van der Waals surface area contributed by atoms with E-state index in [1.807, 2.05) is 0 Å². The highest BCUT2D eigenvalue weighted by Crippen LogP contribution is 2.60. The van der Waals surface area contributed by atoms with Crippen LogP contribution in [0.5, 0.6) is 0 Å². The molecule has 0 heterocycles. The first-order valence-corrected chi connectivity index (χ1v) is 11.1. The van der Waals surface area contributed by atoms with E-state index in [-0.39, 0.29) is 16.2 Å². The lowest BCUT2D eigenvalue weighted by atomic mass is 9.49. The van der Waals surface area contributed by atoms with E-state index in [1.54, 1.807) is 0 Å². The highest BCUT2D eigenvalue weighted by atomic mass is 32.2. The molecule has 0 aliphatic heterocycles. The normalized spacial score (nSPS) is 32.3. The van der Waals surface area contributed by atoms with Crippen molar-refractivity contribution >= 4 is 21.7 Å². The maximum Gasteiger partial charge on any atom is 0.269 e. The minimum absolute atomic E-state index is 0.0716. The number of hydrogen-bond donors (Lipinski definition) is 2. The van der Waals surface area contributed by atoms with Crippen LogP contribution in [0.3, 0.4) is 0 Å². The smallest absolute Gasteiger partial charge is 0.269 e. The van der Waals surface area contributed by atoms with Gasteiger partial charge in [0.15, 0.2) is 9.84 Å². The summed E-state index contributed by atoms with van der Waals surface area (Å²) >= 11 is 0.